The monoisotopic (exact) mass is 271 g/mol. The summed E-state index contributed by atoms with van der Waals surface area (Å²) in [6, 6.07) is 3.82. The van der Waals surface area contributed by atoms with Crippen molar-refractivity contribution in [3.8, 4) is 0 Å². The van der Waals surface area contributed by atoms with E-state index >= 15 is 0 Å². The standard InChI is InChI=1S/C14H17N5O/c20-12(5-4-10-6-8-15-9-7-10)16-14-17-13(18-19-14)11-2-1-3-11/h6-9,11H,1-5H2,(H2,16,17,18,19,20). The fourth-order valence-corrected chi connectivity index (χ4v) is 2.19. The van der Waals surface area contributed by atoms with E-state index in [2.05, 4.69) is 25.5 Å². The zero-order valence-corrected chi connectivity index (χ0v) is 11.2. The lowest BCUT2D eigenvalue weighted by molar-refractivity contribution is -0.116. The van der Waals surface area contributed by atoms with Gasteiger partial charge in [-0.15, -0.1) is 5.10 Å². The van der Waals surface area contributed by atoms with Crippen LogP contribution in [0.2, 0.25) is 0 Å². The van der Waals surface area contributed by atoms with Crippen molar-refractivity contribution in [2.45, 2.75) is 38.0 Å². The Morgan fingerprint density at radius 1 is 1.35 bits per heavy atom. The van der Waals surface area contributed by atoms with Gasteiger partial charge >= 0.3 is 0 Å². The number of H-pyrrole nitrogens is 1. The van der Waals surface area contributed by atoms with Gasteiger partial charge in [-0.2, -0.15) is 4.98 Å². The quantitative estimate of drug-likeness (QED) is 0.871. The predicted molar refractivity (Wildman–Crippen MR) is 74.2 cm³/mol. The van der Waals surface area contributed by atoms with Crippen molar-refractivity contribution in [2.24, 2.45) is 0 Å². The van der Waals surface area contributed by atoms with Crippen LogP contribution < -0.4 is 5.32 Å². The Morgan fingerprint density at radius 3 is 2.85 bits per heavy atom. The molecule has 1 aliphatic rings. The van der Waals surface area contributed by atoms with E-state index < -0.39 is 0 Å². The van der Waals surface area contributed by atoms with Crippen LogP contribution in [0, 0.1) is 0 Å². The number of aromatic nitrogens is 4. The van der Waals surface area contributed by atoms with Gasteiger partial charge in [0.25, 0.3) is 0 Å². The van der Waals surface area contributed by atoms with Gasteiger partial charge in [0, 0.05) is 24.7 Å². The zero-order chi connectivity index (χ0) is 13.8. The molecule has 0 unspecified atom stereocenters. The van der Waals surface area contributed by atoms with E-state index in [1.807, 2.05) is 12.1 Å². The number of aromatic amines is 1. The first-order chi connectivity index (χ1) is 9.81. The number of nitrogens with zero attached hydrogens (tertiary/aromatic N) is 3. The predicted octanol–water partition coefficient (Wildman–Crippen LogP) is 2.04. The lowest BCUT2D eigenvalue weighted by atomic mass is 9.85. The minimum Gasteiger partial charge on any atom is -0.293 e. The number of rotatable bonds is 5. The van der Waals surface area contributed by atoms with Crippen LogP contribution in [0.3, 0.4) is 0 Å². The molecule has 2 N–H and O–H groups in total. The maximum atomic E-state index is 11.8. The molecule has 2 heterocycles. The molecule has 104 valence electrons. The lowest BCUT2D eigenvalue weighted by Crippen LogP contribution is -2.14. The highest BCUT2D eigenvalue weighted by Gasteiger charge is 2.23. The number of hydrogen-bond acceptors (Lipinski definition) is 4. The molecule has 6 nitrogen and oxygen atoms in total. The molecule has 20 heavy (non-hydrogen) atoms. The number of hydrogen-bond donors (Lipinski definition) is 2. The summed E-state index contributed by atoms with van der Waals surface area (Å²) in [7, 11) is 0. The summed E-state index contributed by atoms with van der Waals surface area (Å²) in [5, 5.41) is 9.67. The molecule has 1 amide bonds. The maximum absolute atomic E-state index is 11.8. The van der Waals surface area contributed by atoms with Gasteiger partial charge in [-0.1, -0.05) is 6.42 Å². The number of carbonyl (C=O) groups excluding carboxylic acids is 1. The summed E-state index contributed by atoms with van der Waals surface area (Å²) in [5.41, 5.74) is 1.10. The summed E-state index contributed by atoms with van der Waals surface area (Å²) >= 11 is 0. The number of aryl methyl sites for hydroxylation is 1. The minimum absolute atomic E-state index is 0.0685. The van der Waals surface area contributed by atoms with Crippen LogP contribution in [0.15, 0.2) is 24.5 Å². The van der Waals surface area contributed by atoms with Crippen molar-refractivity contribution in [2.75, 3.05) is 5.32 Å². The van der Waals surface area contributed by atoms with Gasteiger partial charge < -0.3 is 0 Å². The fourth-order valence-electron chi connectivity index (χ4n) is 2.19. The molecular formula is C14H17N5O. The van der Waals surface area contributed by atoms with Gasteiger partial charge in [0.1, 0.15) is 5.82 Å². The molecule has 1 fully saturated rings. The Labute approximate surface area is 117 Å². The Balaban J connectivity index is 1.49. The maximum Gasteiger partial charge on any atom is 0.248 e. The number of carbonyl (C=O) groups is 1. The third-order valence-corrected chi connectivity index (χ3v) is 3.64. The normalized spacial score (nSPS) is 14.8. The van der Waals surface area contributed by atoms with Crippen molar-refractivity contribution in [1.29, 1.82) is 0 Å². The molecule has 1 aliphatic carbocycles. The average molecular weight is 271 g/mol. The average Bonchev–Trinajstić information content (AvgIpc) is 2.84. The molecule has 1 saturated carbocycles. The van der Waals surface area contributed by atoms with Crippen LogP contribution in [-0.2, 0) is 11.2 Å². The smallest absolute Gasteiger partial charge is 0.248 e. The van der Waals surface area contributed by atoms with Gasteiger partial charge in [0.15, 0.2) is 0 Å². The molecule has 0 saturated heterocycles. The molecule has 6 heteroatoms. The molecular weight excluding hydrogens is 254 g/mol. The molecule has 0 radical (unpaired) electrons. The number of pyridine rings is 1. The second-order valence-corrected chi connectivity index (χ2v) is 5.08. The van der Waals surface area contributed by atoms with Crippen molar-refractivity contribution in [3.05, 3.63) is 35.9 Å². The Hall–Kier alpha value is -2.24. The van der Waals surface area contributed by atoms with Gasteiger partial charge in [-0.25, -0.2) is 0 Å². The van der Waals surface area contributed by atoms with Crippen LogP contribution in [0.4, 0.5) is 5.95 Å². The molecule has 2 aromatic rings. The fraction of sp³-hybridized carbons (Fsp3) is 0.429. The molecule has 0 atom stereocenters. The first-order valence-electron chi connectivity index (χ1n) is 6.92. The Kier molecular flexibility index (Phi) is 3.71. The van der Waals surface area contributed by atoms with Crippen LogP contribution in [-0.4, -0.2) is 26.1 Å². The summed E-state index contributed by atoms with van der Waals surface area (Å²) < 4.78 is 0. The van der Waals surface area contributed by atoms with E-state index in [0.717, 1.165) is 24.2 Å². The van der Waals surface area contributed by atoms with Crippen molar-refractivity contribution in [3.63, 3.8) is 0 Å². The zero-order valence-electron chi connectivity index (χ0n) is 11.2. The Morgan fingerprint density at radius 2 is 2.15 bits per heavy atom. The highest BCUT2D eigenvalue weighted by atomic mass is 16.1. The summed E-state index contributed by atoms with van der Waals surface area (Å²) in [5.74, 6) is 1.69. The Bertz CT molecular complexity index is 576. The molecule has 0 aromatic carbocycles. The van der Waals surface area contributed by atoms with Crippen LogP contribution in [0.5, 0.6) is 0 Å². The number of nitrogens with one attached hydrogen (secondary N) is 2. The van der Waals surface area contributed by atoms with Crippen molar-refractivity contribution < 1.29 is 4.79 Å². The first-order valence-corrected chi connectivity index (χ1v) is 6.92. The van der Waals surface area contributed by atoms with Crippen molar-refractivity contribution in [1.82, 2.24) is 20.2 Å². The van der Waals surface area contributed by atoms with E-state index in [1.165, 1.54) is 6.42 Å². The van der Waals surface area contributed by atoms with Crippen LogP contribution in [0.25, 0.3) is 0 Å². The molecule has 3 rings (SSSR count). The summed E-state index contributed by atoms with van der Waals surface area (Å²) in [6.45, 7) is 0. The van der Waals surface area contributed by atoms with Gasteiger partial charge in [0.2, 0.25) is 11.9 Å². The highest BCUT2D eigenvalue weighted by molar-refractivity contribution is 5.88. The largest absolute Gasteiger partial charge is 0.293 e. The van der Waals surface area contributed by atoms with E-state index in [9.17, 15) is 4.79 Å². The third kappa shape index (κ3) is 3.01. The summed E-state index contributed by atoms with van der Waals surface area (Å²) in [4.78, 5) is 20.1. The third-order valence-electron chi connectivity index (χ3n) is 3.64. The number of anilines is 1. The summed E-state index contributed by atoms with van der Waals surface area (Å²) in [6.07, 6.45) is 8.13. The van der Waals surface area contributed by atoms with Gasteiger partial charge in [-0.3, -0.25) is 20.2 Å². The lowest BCUT2D eigenvalue weighted by Gasteiger charge is -2.22. The van der Waals surface area contributed by atoms with Gasteiger partial charge in [0.05, 0.1) is 0 Å². The van der Waals surface area contributed by atoms with E-state index in [1.54, 1.807) is 12.4 Å². The second-order valence-electron chi connectivity index (χ2n) is 5.08. The van der Waals surface area contributed by atoms with Crippen molar-refractivity contribution >= 4 is 11.9 Å². The molecule has 0 spiro atoms. The highest BCUT2D eigenvalue weighted by Crippen LogP contribution is 2.34. The molecule has 2 aromatic heterocycles. The van der Waals surface area contributed by atoms with Crippen LogP contribution >= 0.6 is 0 Å². The second kappa shape index (κ2) is 5.81. The van der Waals surface area contributed by atoms with E-state index in [4.69, 9.17) is 0 Å². The van der Waals surface area contributed by atoms with Gasteiger partial charge in [-0.05, 0) is 37.0 Å². The van der Waals surface area contributed by atoms with E-state index in [-0.39, 0.29) is 5.91 Å². The molecule has 0 bridgehead atoms. The minimum atomic E-state index is -0.0685. The van der Waals surface area contributed by atoms with E-state index in [0.29, 0.717) is 24.7 Å². The topological polar surface area (TPSA) is 83.6 Å². The SMILES string of the molecule is O=C(CCc1ccncc1)Nc1n[nH]c(C2CCC2)n1. The molecule has 0 aliphatic heterocycles. The van der Waals surface area contributed by atoms with Crippen LogP contribution in [0.1, 0.15) is 43.0 Å². The number of amides is 1. The first kappa shape index (κ1) is 12.8.